The van der Waals surface area contributed by atoms with Gasteiger partial charge >= 0.3 is 0 Å². The van der Waals surface area contributed by atoms with E-state index in [1.165, 1.54) is 29.9 Å². The van der Waals surface area contributed by atoms with Gasteiger partial charge in [0.25, 0.3) is 0 Å². The molecule has 0 radical (unpaired) electrons. The standard InChI is InChI=1S/C16H28N2O/c1-4-17(5-2)10-7-11-18-13(3)12-14-15(18)8-6-9-16(14)19/h12,16,19H,4-11H2,1-3H3. The van der Waals surface area contributed by atoms with Gasteiger partial charge in [0, 0.05) is 23.5 Å². The summed E-state index contributed by atoms with van der Waals surface area (Å²) in [6.07, 6.45) is 4.14. The summed E-state index contributed by atoms with van der Waals surface area (Å²) >= 11 is 0. The number of aromatic nitrogens is 1. The van der Waals surface area contributed by atoms with Gasteiger partial charge in [-0.3, -0.25) is 0 Å². The molecule has 1 aromatic rings. The van der Waals surface area contributed by atoms with Crippen LogP contribution in [0, 0.1) is 6.92 Å². The topological polar surface area (TPSA) is 28.4 Å². The van der Waals surface area contributed by atoms with Crippen LogP contribution < -0.4 is 0 Å². The molecule has 0 aliphatic heterocycles. The van der Waals surface area contributed by atoms with Gasteiger partial charge in [0.1, 0.15) is 0 Å². The lowest BCUT2D eigenvalue weighted by Gasteiger charge is -2.22. The maximum atomic E-state index is 10.1. The van der Waals surface area contributed by atoms with Crippen LogP contribution in [0.25, 0.3) is 0 Å². The molecule has 1 atom stereocenters. The van der Waals surface area contributed by atoms with E-state index < -0.39 is 0 Å². The fraction of sp³-hybridized carbons (Fsp3) is 0.750. The lowest BCUT2D eigenvalue weighted by atomic mass is 9.95. The predicted molar refractivity (Wildman–Crippen MR) is 79.5 cm³/mol. The Morgan fingerprint density at radius 1 is 1.37 bits per heavy atom. The van der Waals surface area contributed by atoms with E-state index in [1.54, 1.807) is 0 Å². The first-order valence-corrected chi connectivity index (χ1v) is 7.76. The maximum absolute atomic E-state index is 10.1. The number of aryl methyl sites for hydroxylation is 1. The van der Waals surface area contributed by atoms with E-state index in [1.807, 2.05) is 0 Å². The summed E-state index contributed by atoms with van der Waals surface area (Å²) in [5, 5.41) is 10.1. The van der Waals surface area contributed by atoms with E-state index in [-0.39, 0.29) is 6.10 Å². The van der Waals surface area contributed by atoms with Gasteiger partial charge in [-0.05, 0) is 58.3 Å². The maximum Gasteiger partial charge on any atom is 0.0807 e. The van der Waals surface area contributed by atoms with E-state index in [9.17, 15) is 5.11 Å². The highest BCUT2D eigenvalue weighted by Gasteiger charge is 2.22. The Labute approximate surface area is 117 Å². The van der Waals surface area contributed by atoms with E-state index in [2.05, 4.69) is 36.3 Å². The molecule has 0 aromatic carbocycles. The summed E-state index contributed by atoms with van der Waals surface area (Å²) < 4.78 is 2.43. The summed E-state index contributed by atoms with van der Waals surface area (Å²) in [7, 11) is 0. The van der Waals surface area contributed by atoms with Crippen LogP contribution in [0.5, 0.6) is 0 Å². The molecule has 1 unspecified atom stereocenters. The minimum atomic E-state index is -0.230. The number of rotatable bonds is 6. The largest absolute Gasteiger partial charge is 0.388 e. The van der Waals surface area contributed by atoms with Gasteiger partial charge < -0.3 is 14.6 Å². The predicted octanol–water partition coefficient (Wildman–Crippen LogP) is 2.90. The molecule has 0 amide bonds. The van der Waals surface area contributed by atoms with Gasteiger partial charge in [-0.15, -0.1) is 0 Å². The highest BCUT2D eigenvalue weighted by molar-refractivity contribution is 5.31. The van der Waals surface area contributed by atoms with Crippen molar-refractivity contribution >= 4 is 0 Å². The second-order valence-corrected chi connectivity index (χ2v) is 5.63. The lowest BCUT2D eigenvalue weighted by molar-refractivity contribution is 0.155. The Morgan fingerprint density at radius 2 is 2.11 bits per heavy atom. The Kier molecular flexibility index (Phi) is 5.06. The monoisotopic (exact) mass is 264 g/mol. The SMILES string of the molecule is CCN(CC)CCCn1c(C)cc2c1CCCC2O. The molecule has 1 aliphatic carbocycles. The second-order valence-electron chi connectivity index (χ2n) is 5.63. The molecule has 3 nitrogen and oxygen atoms in total. The third-order valence-electron chi connectivity index (χ3n) is 4.45. The van der Waals surface area contributed by atoms with Crippen LogP contribution in [0.2, 0.25) is 0 Å². The summed E-state index contributed by atoms with van der Waals surface area (Å²) in [6, 6.07) is 2.19. The fourth-order valence-electron chi connectivity index (χ4n) is 3.24. The zero-order chi connectivity index (χ0) is 13.8. The van der Waals surface area contributed by atoms with Crippen LogP contribution >= 0.6 is 0 Å². The summed E-state index contributed by atoms with van der Waals surface area (Å²) in [5.41, 5.74) is 3.88. The van der Waals surface area contributed by atoms with Gasteiger partial charge in [0.15, 0.2) is 0 Å². The molecule has 19 heavy (non-hydrogen) atoms. The van der Waals surface area contributed by atoms with Crippen molar-refractivity contribution in [3.8, 4) is 0 Å². The molecule has 1 aromatic heterocycles. The number of nitrogens with zero attached hydrogens (tertiary/aromatic N) is 2. The van der Waals surface area contributed by atoms with Crippen molar-refractivity contribution < 1.29 is 5.11 Å². The van der Waals surface area contributed by atoms with Crippen LogP contribution in [0.4, 0.5) is 0 Å². The molecule has 3 heteroatoms. The van der Waals surface area contributed by atoms with Crippen LogP contribution in [-0.2, 0) is 13.0 Å². The Hall–Kier alpha value is -0.800. The molecule has 2 rings (SSSR count). The van der Waals surface area contributed by atoms with Gasteiger partial charge in [-0.2, -0.15) is 0 Å². The highest BCUT2D eigenvalue weighted by atomic mass is 16.3. The number of aliphatic hydroxyl groups excluding tert-OH is 1. The molecule has 0 bridgehead atoms. The van der Waals surface area contributed by atoms with E-state index in [0.717, 1.165) is 38.9 Å². The molecule has 108 valence electrons. The van der Waals surface area contributed by atoms with E-state index in [0.29, 0.717) is 0 Å². The third kappa shape index (κ3) is 3.21. The quantitative estimate of drug-likeness (QED) is 0.856. The molecule has 1 aliphatic rings. The van der Waals surface area contributed by atoms with Crippen molar-refractivity contribution in [1.29, 1.82) is 0 Å². The van der Waals surface area contributed by atoms with Gasteiger partial charge in [-0.1, -0.05) is 13.8 Å². The summed E-state index contributed by atoms with van der Waals surface area (Å²) in [4.78, 5) is 2.47. The molecular formula is C16H28N2O. The van der Waals surface area contributed by atoms with Crippen molar-refractivity contribution in [2.24, 2.45) is 0 Å². The molecule has 0 spiro atoms. The smallest absolute Gasteiger partial charge is 0.0807 e. The van der Waals surface area contributed by atoms with Crippen molar-refractivity contribution in [3.63, 3.8) is 0 Å². The molecular weight excluding hydrogens is 236 g/mol. The molecule has 0 fully saturated rings. The van der Waals surface area contributed by atoms with Crippen molar-refractivity contribution in [1.82, 2.24) is 9.47 Å². The van der Waals surface area contributed by atoms with E-state index >= 15 is 0 Å². The van der Waals surface area contributed by atoms with Crippen molar-refractivity contribution in [3.05, 3.63) is 23.0 Å². The minimum absolute atomic E-state index is 0.230. The van der Waals surface area contributed by atoms with Crippen LogP contribution in [0.1, 0.15) is 56.2 Å². The Morgan fingerprint density at radius 3 is 2.79 bits per heavy atom. The van der Waals surface area contributed by atoms with Gasteiger partial charge in [-0.25, -0.2) is 0 Å². The van der Waals surface area contributed by atoms with Crippen LogP contribution in [0.3, 0.4) is 0 Å². The van der Waals surface area contributed by atoms with Crippen LogP contribution in [-0.4, -0.2) is 34.2 Å². The summed E-state index contributed by atoms with van der Waals surface area (Å²) in [6.45, 7) is 11.1. The third-order valence-corrected chi connectivity index (χ3v) is 4.45. The first-order chi connectivity index (χ1) is 9.17. The van der Waals surface area contributed by atoms with Crippen molar-refractivity contribution in [2.45, 2.75) is 59.1 Å². The Balaban J connectivity index is 2.01. The summed E-state index contributed by atoms with van der Waals surface area (Å²) in [5.74, 6) is 0. The van der Waals surface area contributed by atoms with E-state index in [4.69, 9.17) is 0 Å². The van der Waals surface area contributed by atoms with Gasteiger partial charge in [0.05, 0.1) is 6.10 Å². The van der Waals surface area contributed by atoms with Gasteiger partial charge in [0.2, 0.25) is 0 Å². The molecule has 1 heterocycles. The number of fused-ring (bicyclic) bond motifs is 1. The number of hydrogen-bond donors (Lipinski definition) is 1. The number of hydrogen-bond acceptors (Lipinski definition) is 2. The van der Waals surface area contributed by atoms with Crippen molar-refractivity contribution in [2.75, 3.05) is 19.6 Å². The first-order valence-electron chi connectivity index (χ1n) is 7.76. The molecule has 1 N–H and O–H groups in total. The normalized spacial score (nSPS) is 18.9. The zero-order valence-corrected chi connectivity index (χ0v) is 12.7. The zero-order valence-electron chi connectivity index (χ0n) is 12.7. The second kappa shape index (κ2) is 6.58. The Bertz CT molecular complexity index is 407. The first kappa shape index (κ1) is 14.6. The average Bonchev–Trinajstić information content (AvgIpc) is 2.73. The highest BCUT2D eigenvalue weighted by Crippen LogP contribution is 2.32. The molecule has 0 saturated carbocycles. The fourth-order valence-corrected chi connectivity index (χ4v) is 3.24. The average molecular weight is 264 g/mol. The van der Waals surface area contributed by atoms with Crippen LogP contribution in [0.15, 0.2) is 6.07 Å². The molecule has 0 saturated heterocycles. The number of aliphatic hydroxyl groups is 1. The lowest BCUT2D eigenvalue weighted by Crippen LogP contribution is -2.25. The minimum Gasteiger partial charge on any atom is -0.388 e.